The molecule has 0 aliphatic rings. The summed E-state index contributed by atoms with van der Waals surface area (Å²) < 4.78 is 5.82. The predicted octanol–water partition coefficient (Wildman–Crippen LogP) is 10.7. The highest BCUT2D eigenvalue weighted by Gasteiger charge is 2.11. The summed E-state index contributed by atoms with van der Waals surface area (Å²) in [7, 11) is 0. The number of aliphatic carboxylic acids is 1. The van der Waals surface area contributed by atoms with Crippen molar-refractivity contribution in [3.63, 3.8) is 0 Å². The van der Waals surface area contributed by atoms with Crippen LogP contribution in [0.4, 0.5) is 0 Å². The second-order valence-electron chi connectivity index (χ2n) is 11.0. The van der Waals surface area contributed by atoms with Gasteiger partial charge in [0.05, 0.1) is 0 Å². The molecular weight excluding hydrogens is 460 g/mol. The molecule has 0 aliphatic heterocycles. The highest BCUT2D eigenvalue weighted by molar-refractivity contribution is 5.69. The molecule has 1 atom stereocenters. The van der Waals surface area contributed by atoms with Crippen LogP contribution in [0.15, 0.2) is 12.2 Å². The van der Waals surface area contributed by atoms with Crippen LogP contribution < -0.4 is 0 Å². The van der Waals surface area contributed by atoms with Gasteiger partial charge in [0.15, 0.2) is 0 Å². The smallest absolute Gasteiger partial charge is 0.306 e. The van der Waals surface area contributed by atoms with Gasteiger partial charge in [0.2, 0.25) is 0 Å². The van der Waals surface area contributed by atoms with Gasteiger partial charge in [0.1, 0.15) is 6.10 Å². The second-order valence-corrected chi connectivity index (χ2v) is 11.0. The van der Waals surface area contributed by atoms with E-state index < -0.39 is 5.97 Å². The molecule has 4 heteroatoms. The molecule has 0 aromatic rings. The van der Waals surface area contributed by atoms with Crippen molar-refractivity contribution in [2.45, 2.75) is 187 Å². The fraction of sp³-hybridized carbons (Fsp3) is 0.879. The van der Waals surface area contributed by atoms with Gasteiger partial charge < -0.3 is 9.84 Å². The number of hydrogen-bond acceptors (Lipinski definition) is 3. The van der Waals surface area contributed by atoms with Gasteiger partial charge in [-0.25, -0.2) is 0 Å². The van der Waals surface area contributed by atoms with E-state index in [2.05, 4.69) is 26.0 Å². The van der Waals surface area contributed by atoms with E-state index in [4.69, 9.17) is 9.84 Å². The maximum Gasteiger partial charge on any atom is 0.306 e. The fourth-order valence-corrected chi connectivity index (χ4v) is 4.80. The molecule has 0 amide bonds. The Morgan fingerprint density at radius 3 is 1.54 bits per heavy atom. The van der Waals surface area contributed by atoms with Crippen molar-refractivity contribution in [2.24, 2.45) is 0 Å². The molecule has 0 aliphatic carbocycles. The predicted molar refractivity (Wildman–Crippen MR) is 158 cm³/mol. The van der Waals surface area contributed by atoms with Crippen LogP contribution in [0.2, 0.25) is 0 Å². The molecule has 0 fully saturated rings. The number of rotatable bonds is 29. The maximum absolute atomic E-state index is 12.4. The number of carbonyl (C=O) groups is 2. The number of hydrogen-bond donors (Lipinski definition) is 1. The first-order chi connectivity index (χ1) is 18.1. The van der Waals surface area contributed by atoms with E-state index in [1.807, 2.05) is 0 Å². The molecule has 1 N–H and O–H groups in total. The Morgan fingerprint density at radius 2 is 1.03 bits per heavy atom. The number of esters is 1. The van der Waals surface area contributed by atoms with Crippen molar-refractivity contribution in [1.29, 1.82) is 0 Å². The standard InChI is InChI=1S/C33H62O4/c1-3-5-7-9-11-12-13-14-15-16-17-18-20-26-30-33(36)37-31(27-23-19-10-8-6-4-2)28-24-21-22-25-29-32(34)35/h23,27,31H,3-22,24-26,28-30H2,1-2H3,(H,34,35)/b27-23-. The van der Waals surface area contributed by atoms with Gasteiger partial charge in [-0.2, -0.15) is 0 Å². The zero-order valence-electron chi connectivity index (χ0n) is 24.8. The maximum atomic E-state index is 12.4. The lowest BCUT2D eigenvalue weighted by atomic mass is 10.0. The Bertz CT molecular complexity index is 528. The van der Waals surface area contributed by atoms with Gasteiger partial charge >= 0.3 is 11.9 Å². The van der Waals surface area contributed by atoms with Crippen molar-refractivity contribution >= 4 is 11.9 Å². The summed E-state index contributed by atoms with van der Waals surface area (Å²) in [6.45, 7) is 4.50. The molecule has 0 spiro atoms. The zero-order chi connectivity index (χ0) is 27.2. The van der Waals surface area contributed by atoms with Crippen LogP contribution >= 0.6 is 0 Å². The molecule has 218 valence electrons. The Morgan fingerprint density at radius 1 is 0.595 bits per heavy atom. The van der Waals surface area contributed by atoms with E-state index in [0.717, 1.165) is 51.4 Å². The first-order valence-electron chi connectivity index (χ1n) is 16.2. The van der Waals surface area contributed by atoms with Crippen LogP contribution in [0.1, 0.15) is 181 Å². The third-order valence-corrected chi connectivity index (χ3v) is 7.22. The lowest BCUT2D eigenvalue weighted by molar-refractivity contribution is -0.147. The minimum atomic E-state index is -0.721. The van der Waals surface area contributed by atoms with Crippen molar-refractivity contribution in [3.8, 4) is 0 Å². The van der Waals surface area contributed by atoms with Crippen molar-refractivity contribution < 1.29 is 19.4 Å². The summed E-state index contributed by atoms with van der Waals surface area (Å²) >= 11 is 0. The monoisotopic (exact) mass is 522 g/mol. The second kappa shape index (κ2) is 29.2. The van der Waals surface area contributed by atoms with Gasteiger partial charge in [-0.05, 0) is 44.6 Å². The van der Waals surface area contributed by atoms with Gasteiger partial charge in [0.25, 0.3) is 0 Å². The van der Waals surface area contributed by atoms with Crippen LogP contribution in [0, 0.1) is 0 Å². The largest absolute Gasteiger partial charge is 0.481 e. The normalized spacial score (nSPS) is 12.3. The highest BCUT2D eigenvalue weighted by atomic mass is 16.5. The van der Waals surface area contributed by atoms with Crippen molar-refractivity contribution in [3.05, 3.63) is 12.2 Å². The Balaban J connectivity index is 3.92. The molecule has 1 unspecified atom stereocenters. The van der Waals surface area contributed by atoms with Gasteiger partial charge in [-0.15, -0.1) is 0 Å². The average molecular weight is 523 g/mol. The molecule has 0 heterocycles. The number of allylic oxidation sites excluding steroid dienone is 1. The lowest BCUT2D eigenvalue weighted by Gasteiger charge is -2.15. The van der Waals surface area contributed by atoms with E-state index in [1.54, 1.807) is 0 Å². The zero-order valence-corrected chi connectivity index (χ0v) is 24.8. The minimum absolute atomic E-state index is 0.0644. The van der Waals surface area contributed by atoms with Crippen LogP contribution in [-0.2, 0) is 14.3 Å². The van der Waals surface area contributed by atoms with E-state index >= 15 is 0 Å². The van der Waals surface area contributed by atoms with Crippen molar-refractivity contribution in [1.82, 2.24) is 0 Å². The summed E-state index contributed by atoms with van der Waals surface area (Å²) in [6.07, 6.45) is 33.8. The molecule has 4 nitrogen and oxygen atoms in total. The molecule has 0 aromatic carbocycles. The molecule has 0 bridgehead atoms. The first-order valence-corrected chi connectivity index (χ1v) is 16.2. The first kappa shape index (κ1) is 35.7. The number of carbonyl (C=O) groups excluding carboxylic acids is 1. The van der Waals surface area contributed by atoms with E-state index in [-0.39, 0.29) is 18.5 Å². The molecular formula is C33H62O4. The minimum Gasteiger partial charge on any atom is -0.481 e. The molecule has 0 saturated carbocycles. The van der Waals surface area contributed by atoms with E-state index in [1.165, 1.54) is 103 Å². The SMILES string of the molecule is CCCCCC/C=C\C(CCCCCCC(=O)O)OC(=O)CCCCCCCCCCCCCCCC. The van der Waals surface area contributed by atoms with E-state index in [9.17, 15) is 9.59 Å². The third kappa shape index (κ3) is 29.1. The van der Waals surface area contributed by atoms with Crippen LogP contribution in [-0.4, -0.2) is 23.1 Å². The van der Waals surface area contributed by atoms with Crippen LogP contribution in [0.3, 0.4) is 0 Å². The number of unbranched alkanes of at least 4 members (excludes halogenated alkanes) is 20. The van der Waals surface area contributed by atoms with Crippen molar-refractivity contribution in [2.75, 3.05) is 0 Å². The van der Waals surface area contributed by atoms with Gasteiger partial charge in [0, 0.05) is 12.8 Å². The fourth-order valence-electron chi connectivity index (χ4n) is 4.80. The highest BCUT2D eigenvalue weighted by Crippen LogP contribution is 2.16. The quantitative estimate of drug-likeness (QED) is 0.0602. The summed E-state index contributed by atoms with van der Waals surface area (Å²) in [5.74, 6) is -0.785. The van der Waals surface area contributed by atoms with Gasteiger partial charge in [-0.1, -0.05) is 135 Å². The molecule has 0 radical (unpaired) electrons. The van der Waals surface area contributed by atoms with Crippen LogP contribution in [0.25, 0.3) is 0 Å². The molecule has 0 aromatic heterocycles. The molecule has 0 saturated heterocycles. The summed E-state index contributed by atoms with van der Waals surface area (Å²) in [6, 6.07) is 0. The topological polar surface area (TPSA) is 63.6 Å². The molecule has 0 rings (SSSR count). The number of ether oxygens (including phenoxy) is 1. The van der Waals surface area contributed by atoms with E-state index in [0.29, 0.717) is 6.42 Å². The Kier molecular flexibility index (Phi) is 28.2. The third-order valence-electron chi connectivity index (χ3n) is 7.22. The molecule has 37 heavy (non-hydrogen) atoms. The lowest BCUT2D eigenvalue weighted by Crippen LogP contribution is -2.16. The summed E-state index contributed by atoms with van der Waals surface area (Å²) in [4.78, 5) is 23.1. The number of carboxylic acid groups (broad SMARTS) is 1. The Hall–Kier alpha value is -1.32. The Labute approximate surface area is 230 Å². The number of carboxylic acids is 1. The van der Waals surface area contributed by atoms with Gasteiger partial charge in [-0.3, -0.25) is 9.59 Å². The van der Waals surface area contributed by atoms with Crippen LogP contribution in [0.5, 0.6) is 0 Å². The summed E-state index contributed by atoms with van der Waals surface area (Å²) in [5.41, 5.74) is 0. The average Bonchev–Trinajstić information content (AvgIpc) is 2.87. The summed E-state index contributed by atoms with van der Waals surface area (Å²) in [5, 5.41) is 8.76.